The number of thiazole rings is 1. The van der Waals surface area contributed by atoms with Crippen molar-refractivity contribution in [3.63, 3.8) is 0 Å². The van der Waals surface area contributed by atoms with Crippen molar-refractivity contribution in [2.75, 3.05) is 0 Å². The Morgan fingerprint density at radius 3 is 2.89 bits per heavy atom. The lowest BCUT2D eigenvalue weighted by Crippen LogP contribution is -2.34. The molecule has 1 radical (unpaired) electrons. The molecule has 2 rings (SSSR count). The molecule has 1 N–H and O–H groups in total. The van der Waals surface area contributed by atoms with Crippen LogP contribution in [-0.4, -0.2) is 17.1 Å². The molecule has 1 aromatic carbocycles. The summed E-state index contributed by atoms with van der Waals surface area (Å²) in [6.07, 6.45) is 1.91. The van der Waals surface area contributed by atoms with Crippen molar-refractivity contribution >= 4 is 17.4 Å². The molecule has 19 heavy (non-hydrogen) atoms. The molecule has 2 aromatic rings. The van der Waals surface area contributed by atoms with Gasteiger partial charge in [0.15, 0.2) is 0 Å². The fourth-order valence-corrected chi connectivity index (χ4v) is 2.11. The van der Waals surface area contributed by atoms with Gasteiger partial charge >= 0.3 is 6.09 Å². The number of benzene rings is 1. The summed E-state index contributed by atoms with van der Waals surface area (Å²) >= 11 is 1.45. The van der Waals surface area contributed by atoms with Crippen molar-refractivity contribution in [3.05, 3.63) is 59.4 Å². The van der Waals surface area contributed by atoms with Crippen molar-refractivity contribution in [3.8, 4) is 0 Å². The Balaban J connectivity index is 1.72. The Morgan fingerprint density at radius 1 is 1.42 bits per heavy atom. The zero-order valence-corrected chi connectivity index (χ0v) is 11.2. The van der Waals surface area contributed by atoms with E-state index in [1.54, 1.807) is 11.7 Å². The number of carbonyl (C=O) groups excluding carboxylic acids is 1. The monoisotopic (exact) mass is 275 g/mol. The third-order valence-electron chi connectivity index (χ3n) is 2.48. The van der Waals surface area contributed by atoms with Crippen molar-refractivity contribution in [1.29, 1.82) is 0 Å². The van der Waals surface area contributed by atoms with Crippen LogP contribution in [0.3, 0.4) is 0 Å². The molecule has 5 heteroatoms. The van der Waals surface area contributed by atoms with Gasteiger partial charge in [-0.15, -0.1) is 11.3 Å². The molecular formula is C14H15N2O2S. The number of rotatable bonds is 5. The van der Waals surface area contributed by atoms with Gasteiger partial charge in [-0.05, 0) is 18.9 Å². The predicted octanol–water partition coefficient (Wildman–Crippen LogP) is 2.81. The van der Waals surface area contributed by atoms with E-state index in [9.17, 15) is 4.79 Å². The van der Waals surface area contributed by atoms with Gasteiger partial charge in [-0.3, -0.25) is 4.98 Å². The molecule has 0 bridgehead atoms. The molecule has 0 fully saturated rings. The van der Waals surface area contributed by atoms with Crippen molar-refractivity contribution in [2.45, 2.75) is 19.1 Å². The lowest BCUT2D eigenvalue weighted by atomic mass is 10.1. The van der Waals surface area contributed by atoms with E-state index in [1.165, 1.54) is 11.3 Å². The van der Waals surface area contributed by atoms with Gasteiger partial charge in [0, 0.05) is 12.2 Å². The highest BCUT2D eigenvalue weighted by Crippen LogP contribution is 2.07. The number of aromatic nitrogens is 1. The van der Waals surface area contributed by atoms with Gasteiger partial charge in [0.25, 0.3) is 0 Å². The number of ether oxygens (including phenoxy) is 1. The summed E-state index contributed by atoms with van der Waals surface area (Å²) in [6, 6.07) is 9.67. The van der Waals surface area contributed by atoms with Crippen LogP contribution in [0, 0.1) is 6.92 Å². The maximum atomic E-state index is 11.5. The fourth-order valence-electron chi connectivity index (χ4n) is 1.61. The topological polar surface area (TPSA) is 51.2 Å². The Morgan fingerprint density at radius 2 is 2.21 bits per heavy atom. The van der Waals surface area contributed by atoms with Crippen LogP contribution in [0.25, 0.3) is 0 Å². The lowest BCUT2D eigenvalue weighted by Gasteiger charge is -2.13. The highest BCUT2D eigenvalue weighted by Gasteiger charge is 2.09. The Bertz CT molecular complexity index is 499. The number of nitrogens with one attached hydrogen (secondary N) is 1. The first kappa shape index (κ1) is 13.5. The second-order valence-corrected chi connectivity index (χ2v) is 5.05. The molecule has 99 valence electrons. The number of hydrogen-bond acceptors (Lipinski definition) is 4. The minimum atomic E-state index is -0.454. The molecule has 0 aliphatic carbocycles. The molecule has 0 spiro atoms. The number of amides is 1. The van der Waals surface area contributed by atoms with Crippen LogP contribution in [0.4, 0.5) is 4.79 Å². The standard InChI is InChI=1S/C14H15N2O2S/c1-11(7-12-5-3-2-4-6-12)16-14(17)18-9-13-8-15-10-19-13/h2-6,8,10-11H,1,7,9H2,(H,16,17)/t11-/m1/s1. The Hall–Kier alpha value is -1.88. The third kappa shape index (κ3) is 4.71. The minimum Gasteiger partial charge on any atom is -0.444 e. The van der Waals surface area contributed by atoms with Crippen LogP contribution >= 0.6 is 11.3 Å². The highest BCUT2D eigenvalue weighted by molar-refractivity contribution is 7.09. The zero-order chi connectivity index (χ0) is 13.5. The van der Waals surface area contributed by atoms with Gasteiger partial charge in [-0.1, -0.05) is 30.3 Å². The van der Waals surface area contributed by atoms with Crippen LogP contribution in [0.15, 0.2) is 42.0 Å². The quantitative estimate of drug-likeness (QED) is 0.913. The van der Waals surface area contributed by atoms with E-state index in [1.807, 2.05) is 30.3 Å². The Labute approximate surface area is 116 Å². The van der Waals surface area contributed by atoms with Crippen molar-refractivity contribution in [2.24, 2.45) is 0 Å². The van der Waals surface area contributed by atoms with Gasteiger partial charge in [0.2, 0.25) is 0 Å². The van der Waals surface area contributed by atoms with E-state index in [0.717, 1.165) is 10.4 Å². The average molecular weight is 275 g/mol. The van der Waals surface area contributed by atoms with Crippen molar-refractivity contribution in [1.82, 2.24) is 10.3 Å². The summed E-state index contributed by atoms with van der Waals surface area (Å²) in [7, 11) is 0. The number of carbonyl (C=O) groups is 1. The summed E-state index contributed by atoms with van der Waals surface area (Å²) < 4.78 is 5.08. The van der Waals surface area contributed by atoms with E-state index in [4.69, 9.17) is 4.74 Å². The molecule has 4 nitrogen and oxygen atoms in total. The summed E-state index contributed by atoms with van der Waals surface area (Å²) in [5, 5.41) is 2.70. The Kier molecular flexibility index (Phi) is 4.92. The molecule has 1 atom stereocenters. The van der Waals surface area contributed by atoms with Crippen LogP contribution in [0.5, 0.6) is 0 Å². The summed E-state index contributed by atoms with van der Waals surface area (Å²) in [6.45, 7) is 4.14. The van der Waals surface area contributed by atoms with E-state index in [-0.39, 0.29) is 12.6 Å². The second kappa shape index (κ2) is 6.89. The van der Waals surface area contributed by atoms with Crippen LogP contribution in [0.2, 0.25) is 0 Å². The largest absolute Gasteiger partial charge is 0.444 e. The first-order valence-electron chi connectivity index (χ1n) is 5.91. The van der Waals surface area contributed by atoms with E-state index in [0.29, 0.717) is 6.42 Å². The number of alkyl carbamates (subject to hydrolysis) is 1. The van der Waals surface area contributed by atoms with E-state index < -0.39 is 6.09 Å². The highest BCUT2D eigenvalue weighted by atomic mass is 32.1. The van der Waals surface area contributed by atoms with Crippen molar-refractivity contribution < 1.29 is 9.53 Å². The first-order valence-corrected chi connectivity index (χ1v) is 6.79. The van der Waals surface area contributed by atoms with Gasteiger partial charge in [0.1, 0.15) is 6.61 Å². The van der Waals surface area contributed by atoms with E-state index in [2.05, 4.69) is 17.2 Å². The molecule has 0 unspecified atom stereocenters. The predicted molar refractivity (Wildman–Crippen MR) is 74.7 cm³/mol. The molecule has 1 amide bonds. The molecule has 0 aliphatic rings. The number of hydrogen-bond donors (Lipinski definition) is 1. The fraction of sp³-hybridized carbons (Fsp3) is 0.214. The maximum absolute atomic E-state index is 11.5. The van der Waals surface area contributed by atoms with Gasteiger partial charge in [-0.25, -0.2) is 4.79 Å². The van der Waals surface area contributed by atoms with Gasteiger partial charge in [0.05, 0.1) is 10.4 Å². The van der Waals surface area contributed by atoms with Crippen LogP contribution < -0.4 is 5.32 Å². The molecule has 0 saturated heterocycles. The van der Waals surface area contributed by atoms with Crippen LogP contribution in [0.1, 0.15) is 10.4 Å². The molecule has 0 saturated carbocycles. The maximum Gasteiger partial charge on any atom is 0.407 e. The lowest BCUT2D eigenvalue weighted by molar-refractivity contribution is 0.138. The van der Waals surface area contributed by atoms with E-state index >= 15 is 0 Å². The first-order chi connectivity index (χ1) is 9.24. The summed E-state index contributed by atoms with van der Waals surface area (Å²) in [4.78, 5) is 16.4. The minimum absolute atomic E-state index is 0.212. The molecule has 1 heterocycles. The summed E-state index contributed by atoms with van der Waals surface area (Å²) in [5.74, 6) is 0. The summed E-state index contributed by atoms with van der Waals surface area (Å²) in [5.41, 5.74) is 2.83. The molecule has 1 aromatic heterocycles. The van der Waals surface area contributed by atoms with Gasteiger partial charge < -0.3 is 10.1 Å². The molecule has 0 aliphatic heterocycles. The smallest absolute Gasteiger partial charge is 0.407 e. The normalized spacial score (nSPS) is 11.8. The molecular weight excluding hydrogens is 260 g/mol. The zero-order valence-electron chi connectivity index (χ0n) is 10.4. The second-order valence-electron chi connectivity index (χ2n) is 4.07. The third-order valence-corrected chi connectivity index (χ3v) is 3.23. The average Bonchev–Trinajstić information content (AvgIpc) is 2.90. The SMILES string of the molecule is [CH2][C@H](Cc1ccccc1)NC(=O)OCc1cncs1. The number of nitrogens with zero attached hydrogens (tertiary/aromatic N) is 1. The van der Waals surface area contributed by atoms with Crippen LogP contribution in [-0.2, 0) is 17.8 Å². The van der Waals surface area contributed by atoms with Gasteiger partial charge in [-0.2, -0.15) is 0 Å².